The lowest BCUT2D eigenvalue weighted by Gasteiger charge is -2.12. The quantitative estimate of drug-likeness (QED) is 0.774. The van der Waals surface area contributed by atoms with Crippen molar-refractivity contribution in [2.75, 3.05) is 5.32 Å². The maximum atomic E-state index is 13.3. The Morgan fingerprint density at radius 1 is 1.09 bits per heavy atom. The highest BCUT2D eigenvalue weighted by Gasteiger charge is 2.23. The van der Waals surface area contributed by atoms with Crippen LogP contribution >= 0.6 is 0 Å². The number of hydrogen-bond donors (Lipinski definition) is 1. The highest BCUT2D eigenvalue weighted by molar-refractivity contribution is 6.13. The Morgan fingerprint density at radius 2 is 1.96 bits per heavy atom. The molecule has 0 aliphatic heterocycles. The van der Waals surface area contributed by atoms with E-state index in [9.17, 15) is 9.18 Å². The zero-order valence-electron chi connectivity index (χ0n) is 12.5. The van der Waals surface area contributed by atoms with E-state index in [1.165, 1.54) is 12.1 Å². The summed E-state index contributed by atoms with van der Waals surface area (Å²) >= 11 is 0. The summed E-state index contributed by atoms with van der Waals surface area (Å²) in [4.78, 5) is 17.5. The summed E-state index contributed by atoms with van der Waals surface area (Å²) in [6, 6.07) is 13.6. The first-order valence-electron chi connectivity index (χ1n) is 7.70. The number of nitrogens with one attached hydrogen (secondary N) is 1. The van der Waals surface area contributed by atoms with E-state index in [4.69, 9.17) is 0 Å². The van der Waals surface area contributed by atoms with Crippen molar-refractivity contribution in [1.82, 2.24) is 4.98 Å². The van der Waals surface area contributed by atoms with Gasteiger partial charge >= 0.3 is 0 Å². The number of hydrogen-bond acceptors (Lipinski definition) is 2. The van der Waals surface area contributed by atoms with Gasteiger partial charge in [0.15, 0.2) is 0 Å². The number of pyridine rings is 1. The summed E-state index contributed by atoms with van der Waals surface area (Å²) in [5.74, 6) is -0.569. The molecule has 4 heteroatoms. The molecule has 1 N–H and O–H groups in total. The largest absolute Gasteiger partial charge is 0.322 e. The summed E-state index contributed by atoms with van der Waals surface area (Å²) in [6.07, 6.45) is 2.78. The van der Waals surface area contributed by atoms with E-state index in [0.717, 1.165) is 41.4 Å². The van der Waals surface area contributed by atoms with Gasteiger partial charge in [-0.05, 0) is 49.1 Å². The van der Waals surface area contributed by atoms with Gasteiger partial charge in [0.25, 0.3) is 5.91 Å². The van der Waals surface area contributed by atoms with Gasteiger partial charge in [-0.1, -0.05) is 24.3 Å². The highest BCUT2D eigenvalue weighted by Crippen LogP contribution is 2.30. The molecule has 0 radical (unpaired) electrons. The second kappa shape index (κ2) is 5.47. The van der Waals surface area contributed by atoms with Crippen LogP contribution in [0, 0.1) is 5.82 Å². The van der Waals surface area contributed by atoms with E-state index < -0.39 is 0 Å². The van der Waals surface area contributed by atoms with Crippen molar-refractivity contribution in [2.24, 2.45) is 0 Å². The van der Waals surface area contributed by atoms with Gasteiger partial charge in [-0.2, -0.15) is 0 Å². The Labute approximate surface area is 133 Å². The lowest BCUT2D eigenvalue weighted by atomic mass is 10.0. The molecule has 23 heavy (non-hydrogen) atoms. The number of carbonyl (C=O) groups is 1. The van der Waals surface area contributed by atoms with E-state index in [2.05, 4.69) is 10.3 Å². The van der Waals surface area contributed by atoms with Crippen LogP contribution in [0.3, 0.4) is 0 Å². The number of amides is 1. The number of anilines is 1. The fourth-order valence-corrected chi connectivity index (χ4v) is 3.23. The minimum atomic E-state index is -0.368. The summed E-state index contributed by atoms with van der Waals surface area (Å²) in [5.41, 5.74) is 4.00. The molecule has 0 saturated carbocycles. The maximum absolute atomic E-state index is 13.3. The molecule has 0 atom stereocenters. The summed E-state index contributed by atoms with van der Waals surface area (Å²) in [6.45, 7) is 0. The van der Waals surface area contributed by atoms with Crippen LogP contribution in [0.2, 0.25) is 0 Å². The maximum Gasteiger partial charge on any atom is 0.256 e. The average molecular weight is 306 g/mol. The molecule has 0 unspecified atom stereocenters. The fourth-order valence-electron chi connectivity index (χ4n) is 3.23. The Bertz CT molecular complexity index is 920. The third-order valence-electron chi connectivity index (χ3n) is 4.23. The van der Waals surface area contributed by atoms with Crippen LogP contribution in [-0.4, -0.2) is 10.9 Å². The van der Waals surface area contributed by atoms with Crippen molar-refractivity contribution in [2.45, 2.75) is 19.3 Å². The molecule has 0 fully saturated rings. The number of carbonyl (C=O) groups excluding carboxylic acids is 1. The van der Waals surface area contributed by atoms with Crippen LogP contribution in [0.25, 0.3) is 10.9 Å². The van der Waals surface area contributed by atoms with Crippen LogP contribution in [0.1, 0.15) is 28.0 Å². The SMILES string of the molecule is O=C(Nc1cccc(F)c1)c1c2c(nc3ccccc13)CCC2. The molecule has 3 aromatic rings. The molecule has 1 aliphatic rings. The topological polar surface area (TPSA) is 42.0 Å². The number of aromatic nitrogens is 1. The van der Waals surface area contributed by atoms with Crippen LogP contribution in [-0.2, 0) is 12.8 Å². The highest BCUT2D eigenvalue weighted by atomic mass is 19.1. The number of rotatable bonds is 2. The second-order valence-corrected chi connectivity index (χ2v) is 5.75. The number of nitrogens with zero attached hydrogens (tertiary/aromatic N) is 1. The molecule has 2 aromatic carbocycles. The van der Waals surface area contributed by atoms with Gasteiger partial charge in [-0.25, -0.2) is 4.39 Å². The number of fused-ring (bicyclic) bond motifs is 2. The summed E-state index contributed by atoms with van der Waals surface area (Å²) < 4.78 is 13.3. The van der Waals surface area contributed by atoms with Gasteiger partial charge in [-0.15, -0.1) is 0 Å². The Hall–Kier alpha value is -2.75. The number of halogens is 1. The summed E-state index contributed by atoms with van der Waals surface area (Å²) in [7, 11) is 0. The van der Waals surface area contributed by atoms with E-state index in [-0.39, 0.29) is 11.7 Å². The zero-order valence-corrected chi connectivity index (χ0v) is 12.5. The molecule has 1 heterocycles. The molecule has 1 aliphatic carbocycles. The van der Waals surface area contributed by atoms with Gasteiger partial charge in [0, 0.05) is 16.8 Å². The van der Waals surface area contributed by atoms with Crippen LogP contribution < -0.4 is 5.32 Å². The molecular formula is C19H15FN2O. The van der Waals surface area contributed by atoms with Gasteiger partial charge in [0.2, 0.25) is 0 Å². The number of benzene rings is 2. The first kappa shape index (κ1) is 13.9. The minimum absolute atomic E-state index is 0.202. The average Bonchev–Trinajstić information content (AvgIpc) is 3.00. The van der Waals surface area contributed by atoms with E-state index in [1.54, 1.807) is 12.1 Å². The van der Waals surface area contributed by atoms with E-state index in [0.29, 0.717) is 11.3 Å². The van der Waals surface area contributed by atoms with Gasteiger partial charge in [-0.3, -0.25) is 9.78 Å². The smallest absolute Gasteiger partial charge is 0.256 e. The number of aryl methyl sites for hydroxylation is 1. The van der Waals surface area contributed by atoms with E-state index >= 15 is 0 Å². The second-order valence-electron chi connectivity index (χ2n) is 5.75. The van der Waals surface area contributed by atoms with Gasteiger partial charge in [0.1, 0.15) is 5.82 Å². The lowest BCUT2D eigenvalue weighted by Crippen LogP contribution is -2.15. The molecule has 0 spiro atoms. The van der Waals surface area contributed by atoms with Crippen molar-refractivity contribution in [3.8, 4) is 0 Å². The normalized spacial score (nSPS) is 13.1. The molecule has 3 nitrogen and oxygen atoms in total. The third kappa shape index (κ3) is 2.46. The first-order valence-corrected chi connectivity index (χ1v) is 7.70. The molecule has 0 saturated heterocycles. The fraction of sp³-hybridized carbons (Fsp3) is 0.158. The third-order valence-corrected chi connectivity index (χ3v) is 4.23. The van der Waals surface area contributed by atoms with Crippen LogP contribution in [0.4, 0.5) is 10.1 Å². The molecular weight excluding hydrogens is 291 g/mol. The van der Waals surface area contributed by atoms with Crippen molar-refractivity contribution in [3.63, 3.8) is 0 Å². The Morgan fingerprint density at radius 3 is 2.83 bits per heavy atom. The predicted octanol–water partition coefficient (Wildman–Crippen LogP) is 4.11. The molecule has 1 amide bonds. The standard InChI is InChI=1S/C19H15FN2O/c20-12-5-3-6-13(11-12)21-19(23)18-14-7-1-2-9-16(14)22-17-10-4-8-15(17)18/h1-3,5-7,9,11H,4,8,10H2,(H,21,23). The molecule has 1 aromatic heterocycles. The van der Waals surface area contributed by atoms with Crippen LogP contribution in [0.15, 0.2) is 48.5 Å². The zero-order chi connectivity index (χ0) is 15.8. The Kier molecular flexibility index (Phi) is 3.30. The van der Waals surface area contributed by atoms with Crippen molar-refractivity contribution in [3.05, 3.63) is 71.2 Å². The molecule has 114 valence electrons. The van der Waals surface area contributed by atoms with Crippen molar-refractivity contribution < 1.29 is 9.18 Å². The van der Waals surface area contributed by atoms with Crippen LogP contribution in [0.5, 0.6) is 0 Å². The summed E-state index contributed by atoms with van der Waals surface area (Å²) in [5, 5.41) is 3.66. The van der Waals surface area contributed by atoms with Gasteiger partial charge in [0.05, 0.1) is 11.1 Å². The van der Waals surface area contributed by atoms with Crippen molar-refractivity contribution in [1.29, 1.82) is 0 Å². The monoisotopic (exact) mass is 306 g/mol. The number of para-hydroxylation sites is 1. The predicted molar refractivity (Wildman–Crippen MR) is 88.1 cm³/mol. The minimum Gasteiger partial charge on any atom is -0.322 e. The first-order chi connectivity index (χ1) is 11.2. The lowest BCUT2D eigenvalue weighted by molar-refractivity contribution is 0.102. The molecule has 0 bridgehead atoms. The Balaban J connectivity index is 1.83. The van der Waals surface area contributed by atoms with Gasteiger partial charge < -0.3 is 5.32 Å². The molecule has 4 rings (SSSR count). The van der Waals surface area contributed by atoms with Crippen molar-refractivity contribution >= 4 is 22.5 Å². The van der Waals surface area contributed by atoms with E-state index in [1.807, 2.05) is 24.3 Å².